The van der Waals surface area contributed by atoms with Crippen molar-refractivity contribution in [1.29, 1.82) is 0 Å². The first-order chi connectivity index (χ1) is 17.0. The lowest BCUT2D eigenvalue weighted by Gasteiger charge is -2.48. The van der Waals surface area contributed by atoms with Crippen molar-refractivity contribution in [2.75, 3.05) is 39.3 Å². The lowest BCUT2D eigenvalue weighted by Crippen LogP contribution is -2.47. The van der Waals surface area contributed by atoms with Gasteiger partial charge in [0.2, 0.25) is 0 Å². The quantitative estimate of drug-likeness (QED) is 0.620. The number of rotatable bonds is 6. The number of carbonyl (C=O) groups is 1. The molecule has 1 saturated carbocycles. The van der Waals surface area contributed by atoms with Crippen molar-refractivity contribution in [1.82, 2.24) is 35.0 Å². The zero-order valence-electron chi connectivity index (χ0n) is 20.3. The number of carbonyl (C=O) groups excluding carboxylic acids is 1. The van der Waals surface area contributed by atoms with Gasteiger partial charge in [-0.05, 0) is 86.4 Å². The van der Waals surface area contributed by atoms with Gasteiger partial charge in [0.1, 0.15) is 12.9 Å². The van der Waals surface area contributed by atoms with E-state index in [2.05, 4.69) is 30.3 Å². The number of piperidine rings is 2. The molecule has 3 aliphatic heterocycles. The molecule has 0 aromatic carbocycles. The first-order valence-corrected chi connectivity index (χ1v) is 12.8. The molecule has 2 aromatic heterocycles. The highest BCUT2D eigenvalue weighted by atomic mass is 16.5. The smallest absolute Gasteiger partial charge is 0.336 e. The van der Waals surface area contributed by atoms with E-state index >= 15 is 0 Å². The summed E-state index contributed by atoms with van der Waals surface area (Å²) in [4.78, 5) is 21.6. The van der Waals surface area contributed by atoms with Gasteiger partial charge in [-0.25, -0.2) is 9.78 Å². The predicted octanol–water partition coefficient (Wildman–Crippen LogP) is 1.80. The third-order valence-electron chi connectivity index (χ3n) is 8.46. The van der Waals surface area contributed by atoms with E-state index in [1.54, 1.807) is 0 Å². The van der Waals surface area contributed by atoms with Crippen LogP contribution in [-0.2, 0) is 9.53 Å². The summed E-state index contributed by atoms with van der Waals surface area (Å²) in [6.45, 7) is 7.04. The lowest BCUT2D eigenvalue weighted by atomic mass is 9.71. The fourth-order valence-corrected chi connectivity index (χ4v) is 6.05. The van der Waals surface area contributed by atoms with Crippen LogP contribution in [0.4, 0.5) is 0 Å². The van der Waals surface area contributed by atoms with Gasteiger partial charge in [-0.3, -0.25) is 0 Å². The number of nitrogens with zero attached hydrogens (tertiary/aromatic N) is 7. The minimum absolute atomic E-state index is 0.0786. The average Bonchev–Trinajstić information content (AvgIpc) is 3.39. The van der Waals surface area contributed by atoms with E-state index in [0.717, 1.165) is 68.7 Å². The summed E-state index contributed by atoms with van der Waals surface area (Å²) < 4.78 is 6.90. The molecule has 3 fully saturated rings. The monoisotopic (exact) mass is 479 g/mol. The van der Waals surface area contributed by atoms with E-state index in [0.29, 0.717) is 30.3 Å². The molecule has 0 bridgehead atoms. The van der Waals surface area contributed by atoms with Gasteiger partial charge in [0, 0.05) is 30.9 Å². The molecular formula is C25H33N7O3. The number of likely N-dealkylation sites (tertiary alicyclic amines) is 2. The summed E-state index contributed by atoms with van der Waals surface area (Å²) in [6, 6.07) is 3.77. The Balaban J connectivity index is 1.03. The van der Waals surface area contributed by atoms with Crippen LogP contribution in [0.2, 0.25) is 0 Å². The molecule has 0 radical (unpaired) electrons. The van der Waals surface area contributed by atoms with Crippen molar-refractivity contribution in [3.63, 3.8) is 0 Å². The third kappa shape index (κ3) is 4.45. The highest BCUT2D eigenvalue weighted by Gasteiger charge is 2.43. The van der Waals surface area contributed by atoms with E-state index < -0.39 is 6.10 Å². The van der Waals surface area contributed by atoms with Gasteiger partial charge in [-0.2, -0.15) is 4.68 Å². The van der Waals surface area contributed by atoms with Crippen molar-refractivity contribution < 1.29 is 14.6 Å². The van der Waals surface area contributed by atoms with Crippen LogP contribution < -0.4 is 0 Å². The number of cyclic esters (lactones) is 1. The molecule has 10 heteroatoms. The van der Waals surface area contributed by atoms with Crippen LogP contribution in [-0.4, -0.2) is 85.4 Å². The summed E-state index contributed by atoms with van der Waals surface area (Å²) in [5.74, 6) is 1.01. The Morgan fingerprint density at radius 3 is 2.54 bits per heavy atom. The first kappa shape index (κ1) is 22.6. The molecule has 6 rings (SSSR count). The lowest BCUT2D eigenvalue weighted by molar-refractivity contribution is -0.136. The minimum Gasteiger partial charge on any atom is -0.456 e. The number of ether oxygens (including phenoxy) is 1. The molecule has 0 amide bonds. The van der Waals surface area contributed by atoms with E-state index in [9.17, 15) is 9.90 Å². The molecule has 1 atom stereocenters. The number of β-amino-alcohol motifs (C(OH)–C–C–N with tert-alkyl or cyclic N) is 1. The van der Waals surface area contributed by atoms with Gasteiger partial charge in [-0.15, -0.1) is 5.10 Å². The van der Waals surface area contributed by atoms with Crippen molar-refractivity contribution in [2.24, 2.45) is 11.3 Å². The van der Waals surface area contributed by atoms with Crippen molar-refractivity contribution in [3.8, 4) is 5.82 Å². The normalized spacial score (nSPS) is 23.7. The number of aliphatic hydroxyl groups excluding tert-OH is 1. The van der Waals surface area contributed by atoms with Crippen molar-refractivity contribution in [3.05, 3.63) is 41.0 Å². The van der Waals surface area contributed by atoms with Gasteiger partial charge in [0.15, 0.2) is 5.82 Å². The molecule has 5 heterocycles. The van der Waals surface area contributed by atoms with E-state index in [1.807, 2.05) is 19.1 Å². The van der Waals surface area contributed by atoms with Crippen molar-refractivity contribution in [2.45, 2.75) is 51.6 Å². The fraction of sp³-hybridized carbons (Fsp3) is 0.640. The Morgan fingerprint density at radius 1 is 1.14 bits per heavy atom. The van der Waals surface area contributed by atoms with Crippen LogP contribution in [0.3, 0.4) is 0 Å². The van der Waals surface area contributed by atoms with Crippen molar-refractivity contribution >= 4 is 5.97 Å². The minimum atomic E-state index is -0.575. The number of hydrogen-bond acceptors (Lipinski definition) is 9. The summed E-state index contributed by atoms with van der Waals surface area (Å²) >= 11 is 0. The van der Waals surface area contributed by atoms with E-state index in [4.69, 9.17) is 4.74 Å². The summed E-state index contributed by atoms with van der Waals surface area (Å²) in [6.07, 6.45) is 7.85. The number of hydrogen-bond donors (Lipinski definition) is 1. The molecule has 0 unspecified atom stereocenters. The van der Waals surface area contributed by atoms with Crippen LogP contribution in [0.15, 0.2) is 29.7 Å². The Hall–Kier alpha value is -2.85. The molecule has 186 valence electrons. The molecule has 4 aliphatic rings. The van der Waals surface area contributed by atoms with E-state index in [1.165, 1.54) is 29.5 Å². The molecule has 1 N–H and O–H groups in total. The first-order valence-electron chi connectivity index (χ1n) is 12.8. The molecule has 10 nitrogen and oxygen atoms in total. The fourth-order valence-electron chi connectivity index (χ4n) is 6.05. The Bertz CT molecular complexity index is 1110. The zero-order chi connectivity index (χ0) is 24.0. The largest absolute Gasteiger partial charge is 0.456 e. The SMILES string of the molecule is Cc1nc(-n2cnnn2)ccc1[C@@H](O)CN1CCC2(CC1)CCN(C1=C(C3CC3)C(=O)OC1)CC2. The van der Waals surface area contributed by atoms with Gasteiger partial charge < -0.3 is 19.6 Å². The second kappa shape index (κ2) is 8.98. The summed E-state index contributed by atoms with van der Waals surface area (Å²) in [5, 5.41) is 22.1. The van der Waals surface area contributed by atoms with Crippen LogP contribution in [0.5, 0.6) is 0 Å². The highest BCUT2D eigenvalue weighted by molar-refractivity contribution is 5.92. The second-order valence-electron chi connectivity index (χ2n) is 10.6. The summed E-state index contributed by atoms with van der Waals surface area (Å²) in [5.41, 5.74) is 4.17. The number of tetrazole rings is 1. The highest BCUT2D eigenvalue weighted by Crippen LogP contribution is 2.45. The third-order valence-corrected chi connectivity index (χ3v) is 8.46. The summed E-state index contributed by atoms with van der Waals surface area (Å²) in [7, 11) is 0. The standard InChI is InChI=1S/C25H33N7O3/c1-17-19(4-5-22(27-17)32-16-26-28-29-32)21(33)14-30-10-6-25(7-11-30)8-12-31(13-9-25)20-15-35-24(34)23(20)18-2-3-18/h4-5,16,18,21,33H,2-3,6-15H2,1H3/t21-/m0/s1. The number of aryl methyl sites for hydroxylation is 1. The van der Waals surface area contributed by atoms with Crippen LogP contribution in [0.25, 0.3) is 5.82 Å². The van der Waals surface area contributed by atoms with Gasteiger partial charge in [0.25, 0.3) is 0 Å². The number of esters is 1. The Morgan fingerprint density at radius 2 is 1.89 bits per heavy atom. The topological polar surface area (TPSA) is 109 Å². The number of pyridine rings is 1. The van der Waals surface area contributed by atoms with Crippen LogP contribution in [0, 0.1) is 18.3 Å². The zero-order valence-corrected chi connectivity index (χ0v) is 20.3. The average molecular weight is 480 g/mol. The predicted molar refractivity (Wildman–Crippen MR) is 126 cm³/mol. The maximum absolute atomic E-state index is 12.2. The molecular weight excluding hydrogens is 446 g/mol. The Labute approximate surface area is 205 Å². The molecule has 1 aliphatic carbocycles. The number of aliphatic hydroxyl groups is 1. The van der Waals surface area contributed by atoms with Crippen LogP contribution >= 0.6 is 0 Å². The van der Waals surface area contributed by atoms with Gasteiger partial charge in [-0.1, -0.05) is 6.07 Å². The number of aromatic nitrogens is 5. The Kier molecular flexibility index (Phi) is 5.80. The molecule has 2 aromatic rings. The second-order valence-corrected chi connectivity index (χ2v) is 10.6. The maximum Gasteiger partial charge on any atom is 0.336 e. The van der Waals surface area contributed by atoms with Crippen LogP contribution in [0.1, 0.15) is 55.9 Å². The molecule has 1 spiro atoms. The molecule has 2 saturated heterocycles. The maximum atomic E-state index is 12.2. The molecule has 35 heavy (non-hydrogen) atoms. The van der Waals surface area contributed by atoms with Gasteiger partial charge >= 0.3 is 5.97 Å². The van der Waals surface area contributed by atoms with Gasteiger partial charge in [0.05, 0.1) is 17.4 Å². The van der Waals surface area contributed by atoms with E-state index in [-0.39, 0.29) is 5.97 Å².